The zero-order valence-electron chi connectivity index (χ0n) is 18.7. The molecule has 160 valence electrons. The monoisotopic (exact) mass is 402 g/mol. The molecule has 1 heterocycles. The van der Waals surface area contributed by atoms with Crippen LogP contribution in [0.2, 0.25) is 18.1 Å². The molecule has 1 aliphatic rings. The summed E-state index contributed by atoms with van der Waals surface area (Å²) in [6.45, 7) is 19.7. The van der Waals surface area contributed by atoms with Crippen LogP contribution in [0.5, 0.6) is 0 Å². The predicted molar refractivity (Wildman–Crippen MR) is 112 cm³/mol. The normalized spacial score (nSPS) is 26.1. The Morgan fingerprint density at radius 3 is 2.44 bits per heavy atom. The third-order valence-electron chi connectivity index (χ3n) is 5.65. The van der Waals surface area contributed by atoms with Gasteiger partial charge in [-0.3, -0.25) is 0 Å². The molecule has 0 N–H and O–H groups in total. The SMILES string of the molecule is C=CC[C@@H](OCOC)[C@@H]1OC(C)O[C@@H]1CCC[C@H](C)O[Si](C)(C)C(C)(C)C. The topological polar surface area (TPSA) is 46.2 Å². The van der Waals surface area contributed by atoms with Gasteiger partial charge in [0.1, 0.15) is 12.9 Å². The summed E-state index contributed by atoms with van der Waals surface area (Å²) < 4.78 is 29.3. The van der Waals surface area contributed by atoms with Crippen molar-refractivity contribution in [3.63, 3.8) is 0 Å². The van der Waals surface area contributed by atoms with Gasteiger partial charge in [-0.1, -0.05) is 26.8 Å². The molecule has 0 aliphatic carbocycles. The van der Waals surface area contributed by atoms with Crippen molar-refractivity contribution in [2.75, 3.05) is 13.9 Å². The Labute approximate surface area is 167 Å². The van der Waals surface area contributed by atoms with Crippen molar-refractivity contribution in [3.05, 3.63) is 12.7 Å². The summed E-state index contributed by atoms with van der Waals surface area (Å²) in [6, 6.07) is 0. The van der Waals surface area contributed by atoms with Crippen LogP contribution < -0.4 is 0 Å². The van der Waals surface area contributed by atoms with Crippen molar-refractivity contribution < 1.29 is 23.4 Å². The fourth-order valence-corrected chi connectivity index (χ4v) is 4.66. The van der Waals surface area contributed by atoms with Crippen LogP contribution in [0.3, 0.4) is 0 Å². The van der Waals surface area contributed by atoms with Gasteiger partial charge < -0.3 is 23.4 Å². The van der Waals surface area contributed by atoms with E-state index in [1.165, 1.54) is 0 Å². The summed E-state index contributed by atoms with van der Waals surface area (Å²) in [6.07, 6.45) is 5.47. The first-order valence-electron chi connectivity index (χ1n) is 10.2. The molecule has 0 amide bonds. The number of ether oxygens (including phenoxy) is 4. The molecule has 27 heavy (non-hydrogen) atoms. The van der Waals surface area contributed by atoms with Crippen molar-refractivity contribution in [1.29, 1.82) is 0 Å². The quantitative estimate of drug-likeness (QED) is 0.253. The Kier molecular flexibility index (Phi) is 10.2. The van der Waals surface area contributed by atoms with E-state index in [9.17, 15) is 0 Å². The van der Waals surface area contributed by atoms with E-state index in [-0.39, 0.29) is 42.5 Å². The maximum atomic E-state index is 6.47. The van der Waals surface area contributed by atoms with Crippen LogP contribution in [0.4, 0.5) is 0 Å². The summed E-state index contributed by atoms with van der Waals surface area (Å²) in [7, 11) is -0.0926. The minimum absolute atomic E-state index is 0.0295. The molecule has 1 aliphatic heterocycles. The molecule has 0 radical (unpaired) electrons. The van der Waals surface area contributed by atoms with Gasteiger partial charge in [0, 0.05) is 13.2 Å². The summed E-state index contributed by atoms with van der Waals surface area (Å²) >= 11 is 0. The van der Waals surface area contributed by atoms with Gasteiger partial charge in [0.05, 0.1) is 12.2 Å². The number of hydrogen-bond donors (Lipinski definition) is 0. The third kappa shape index (κ3) is 7.95. The molecule has 1 rings (SSSR count). The maximum Gasteiger partial charge on any atom is 0.192 e. The average Bonchev–Trinajstić information content (AvgIpc) is 2.90. The summed E-state index contributed by atoms with van der Waals surface area (Å²) in [4.78, 5) is 0. The van der Waals surface area contributed by atoms with Gasteiger partial charge in [0.25, 0.3) is 0 Å². The van der Waals surface area contributed by atoms with Crippen molar-refractivity contribution in [1.82, 2.24) is 0 Å². The summed E-state index contributed by atoms with van der Waals surface area (Å²) in [5.74, 6) is 0. The number of hydrogen-bond acceptors (Lipinski definition) is 5. The van der Waals surface area contributed by atoms with Crippen LogP contribution in [0.25, 0.3) is 0 Å². The first-order valence-corrected chi connectivity index (χ1v) is 13.1. The molecule has 0 bridgehead atoms. The van der Waals surface area contributed by atoms with Crippen molar-refractivity contribution in [3.8, 4) is 0 Å². The molecule has 0 aromatic carbocycles. The number of methoxy groups -OCH3 is 1. The maximum absolute atomic E-state index is 6.47. The van der Waals surface area contributed by atoms with E-state index in [0.29, 0.717) is 6.42 Å². The van der Waals surface area contributed by atoms with Crippen molar-refractivity contribution >= 4 is 8.32 Å². The van der Waals surface area contributed by atoms with Gasteiger partial charge in [0.15, 0.2) is 14.6 Å². The Bertz CT molecular complexity index is 435. The van der Waals surface area contributed by atoms with Crippen LogP contribution in [-0.4, -0.2) is 52.9 Å². The van der Waals surface area contributed by atoms with Gasteiger partial charge >= 0.3 is 0 Å². The minimum atomic E-state index is -1.72. The minimum Gasteiger partial charge on any atom is -0.414 e. The first-order chi connectivity index (χ1) is 12.5. The lowest BCUT2D eigenvalue weighted by molar-refractivity contribution is -0.127. The van der Waals surface area contributed by atoms with Gasteiger partial charge in [-0.25, -0.2) is 0 Å². The molecule has 1 unspecified atom stereocenters. The van der Waals surface area contributed by atoms with Gasteiger partial charge in [0.2, 0.25) is 0 Å². The molecule has 1 fully saturated rings. The second-order valence-electron chi connectivity index (χ2n) is 9.10. The second kappa shape index (κ2) is 11.1. The zero-order chi connectivity index (χ0) is 20.7. The highest BCUT2D eigenvalue weighted by molar-refractivity contribution is 6.74. The fraction of sp³-hybridized carbons (Fsp3) is 0.905. The van der Waals surface area contributed by atoms with E-state index < -0.39 is 8.32 Å². The number of rotatable bonds is 12. The molecule has 0 saturated carbocycles. The van der Waals surface area contributed by atoms with Crippen LogP contribution in [0.15, 0.2) is 12.7 Å². The average molecular weight is 403 g/mol. The molecular formula is C21H42O5Si. The summed E-state index contributed by atoms with van der Waals surface area (Å²) in [5.41, 5.74) is 0. The lowest BCUT2D eigenvalue weighted by Gasteiger charge is -2.38. The molecular weight excluding hydrogens is 360 g/mol. The third-order valence-corrected chi connectivity index (χ3v) is 10.3. The van der Waals surface area contributed by atoms with E-state index in [0.717, 1.165) is 19.3 Å². The predicted octanol–water partition coefficient (Wildman–Crippen LogP) is 5.26. The Hall–Kier alpha value is -0.243. The van der Waals surface area contributed by atoms with E-state index in [4.69, 9.17) is 23.4 Å². The Balaban J connectivity index is 2.54. The Morgan fingerprint density at radius 2 is 1.89 bits per heavy atom. The smallest absolute Gasteiger partial charge is 0.192 e. The molecule has 6 heteroatoms. The van der Waals surface area contributed by atoms with Gasteiger partial charge in [-0.15, -0.1) is 6.58 Å². The van der Waals surface area contributed by atoms with Gasteiger partial charge in [-0.05, 0) is 57.7 Å². The van der Waals surface area contributed by atoms with Crippen LogP contribution in [0.1, 0.15) is 60.3 Å². The van der Waals surface area contributed by atoms with Crippen LogP contribution >= 0.6 is 0 Å². The molecule has 0 spiro atoms. The van der Waals surface area contributed by atoms with E-state index >= 15 is 0 Å². The molecule has 5 atom stereocenters. The van der Waals surface area contributed by atoms with E-state index in [2.05, 4.69) is 47.4 Å². The lowest BCUT2D eigenvalue weighted by atomic mass is 9.99. The largest absolute Gasteiger partial charge is 0.414 e. The summed E-state index contributed by atoms with van der Waals surface area (Å²) in [5, 5.41) is 0.237. The second-order valence-corrected chi connectivity index (χ2v) is 13.9. The molecule has 0 aromatic rings. The first kappa shape index (κ1) is 24.8. The standard InChI is InChI=1S/C21H42O5Si/c1-10-12-18(23-15-22-7)20-19(24-17(3)25-20)14-11-13-16(2)26-27(8,9)21(4,5)6/h10,16-20H,1,11-15H2,2-9H3/t16-,17?,18+,19+,20-/m0/s1. The van der Waals surface area contributed by atoms with E-state index in [1.54, 1.807) is 7.11 Å². The lowest BCUT2D eigenvalue weighted by Crippen LogP contribution is -2.43. The van der Waals surface area contributed by atoms with Crippen LogP contribution in [0, 0.1) is 0 Å². The van der Waals surface area contributed by atoms with Crippen molar-refractivity contribution in [2.24, 2.45) is 0 Å². The molecule has 1 saturated heterocycles. The highest BCUT2D eigenvalue weighted by Crippen LogP contribution is 2.38. The van der Waals surface area contributed by atoms with Crippen molar-refractivity contribution in [2.45, 2.75) is 109 Å². The molecule has 5 nitrogen and oxygen atoms in total. The Morgan fingerprint density at radius 1 is 1.22 bits per heavy atom. The highest BCUT2D eigenvalue weighted by Gasteiger charge is 2.40. The van der Waals surface area contributed by atoms with Gasteiger partial charge in [-0.2, -0.15) is 0 Å². The zero-order valence-corrected chi connectivity index (χ0v) is 19.7. The van der Waals surface area contributed by atoms with Crippen LogP contribution in [-0.2, 0) is 23.4 Å². The fourth-order valence-electron chi connectivity index (χ4n) is 3.19. The molecule has 0 aromatic heterocycles. The highest BCUT2D eigenvalue weighted by atomic mass is 28.4. The van der Waals surface area contributed by atoms with E-state index in [1.807, 2.05) is 13.0 Å².